The number of aliphatic hydroxyl groups is 2. The third-order valence-corrected chi connectivity index (χ3v) is 2.77. The second-order valence-electron chi connectivity index (χ2n) is 3.19. The highest BCUT2D eigenvalue weighted by atomic mass is 79.9. The number of halogens is 2. The van der Waals surface area contributed by atoms with Crippen LogP contribution in [0.4, 0.5) is 0 Å². The first-order valence-corrected chi connectivity index (χ1v) is 5.96. The second-order valence-corrected chi connectivity index (χ2v) is 4.42. The molecule has 1 rings (SSSR count). The van der Waals surface area contributed by atoms with Crippen LogP contribution in [0.15, 0.2) is 18.2 Å². The highest BCUT2D eigenvalue weighted by Crippen LogP contribution is 2.30. The first-order valence-electron chi connectivity index (χ1n) is 4.46. The van der Waals surface area contributed by atoms with Gasteiger partial charge in [-0.05, 0) is 18.6 Å². The van der Waals surface area contributed by atoms with Crippen molar-refractivity contribution in [2.75, 3.05) is 5.33 Å². The lowest BCUT2D eigenvalue weighted by Gasteiger charge is -2.18. The molecule has 0 aliphatic rings. The molecule has 84 valence electrons. The number of rotatable bonds is 4. The van der Waals surface area contributed by atoms with E-state index in [0.29, 0.717) is 16.8 Å². The van der Waals surface area contributed by atoms with E-state index in [1.807, 2.05) is 0 Å². The zero-order valence-electron chi connectivity index (χ0n) is 7.90. The average molecular weight is 296 g/mol. The van der Waals surface area contributed by atoms with E-state index in [4.69, 9.17) is 11.6 Å². The van der Waals surface area contributed by atoms with Crippen molar-refractivity contribution in [1.82, 2.24) is 0 Å². The van der Waals surface area contributed by atoms with Gasteiger partial charge in [0.05, 0.1) is 6.10 Å². The summed E-state index contributed by atoms with van der Waals surface area (Å²) in [5.41, 5.74) is 0.285. The smallest absolute Gasteiger partial charge is 0.122 e. The van der Waals surface area contributed by atoms with Gasteiger partial charge in [0.15, 0.2) is 0 Å². The molecule has 0 saturated carbocycles. The van der Waals surface area contributed by atoms with Gasteiger partial charge < -0.3 is 15.3 Å². The summed E-state index contributed by atoms with van der Waals surface area (Å²) < 4.78 is 0. The predicted octanol–water partition coefficient (Wildman–Crippen LogP) is 2.22. The first kappa shape index (κ1) is 12.8. The molecule has 15 heavy (non-hydrogen) atoms. The molecule has 0 aromatic heterocycles. The monoisotopic (exact) mass is 294 g/mol. The normalized spacial score (nSPS) is 14.9. The number of alkyl halides is 1. The van der Waals surface area contributed by atoms with Gasteiger partial charge in [-0.15, -0.1) is 0 Å². The van der Waals surface area contributed by atoms with Gasteiger partial charge in [-0.3, -0.25) is 0 Å². The quantitative estimate of drug-likeness (QED) is 0.747. The van der Waals surface area contributed by atoms with E-state index < -0.39 is 12.2 Å². The lowest BCUT2D eigenvalue weighted by Crippen LogP contribution is -2.18. The number of aromatic hydroxyl groups is 1. The van der Waals surface area contributed by atoms with E-state index in [1.54, 1.807) is 6.07 Å². The minimum absolute atomic E-state index is 0.108. The Bertz CT molecular complexity index is 332. The zero-order chi connectivity index (χ0) is 11.4. The molecule has 0 spiro atoms. The second kappa shape index (κ2) is 5.70. The van der Waals surface area contributed by atoms with Crippen molar-refractivity contribution in [3.8, 4) is 5.75 Å². The Kier molecular flexibility index (Phi) is 4.86. The molecular formula is C10H12BrClO3. The van der Waals surface area contributed by atoms with Crippen LogP contribution in [-0.4, -0.2) is 26.8 Å². The molecular weight excluding hydrogens is 283 g/mol. The van der Waals surface area contributed by atoms with Crippen LogP contribution in [0.25, 0.3) is 0 Å². The maximum atomic E-state index is 9.72. The van der Waals surface area contributed by atoms with Gasteiger partial charge in [0, 0.05) is 15.9 Å². The van der Waals surface area contributed by atoms with E-state index in [9.17, 15) is 15.3 Å². The molecule has 3 N–H and O–H groups in total. The molecule has 1 aromatic rings. The molecule has 0 aliphatic carbocycles. The van der Waals surface area contributed by atoms with Crippen LogP contribution in [-0.2, 0) is 0 Å². The molecule has 2 unspecified atom stereocenters. The molecule has 0 radical (unpaired) electrons. The molecule has 5 heteroatoms. The Hall–Kier alpha value is -0.290. The van der Waals surface area contributed by atoms with Crippen LogP contribution in [0, 0.1) is 0 Å². The number of hydrogen-bond donors (Lipinski definition) is 3. The Balaban J connectivity index is 2.86. The van der Waals surface area contributed by atoms with E-state index in [-0.39, 0.29) is 11.3 Å². The van der Waals surface area contributed by atoms with Gasteiger partial charge in [0.1, 0.15) is 11.9 Å². The Morgan fingerprint density at radius 2 is 2.00 bits per heavy atom. The molecule has 0 saturated heterocycles. The number of phenolic OH excluding ortho intramolecular Hbond substituents is 1. The van der Waals surface area contributed by atoms with Crippen molar-refractivity contribution >= 4 is 27.5 Å². The number of aliphatic hydroxyl groups excluding tert-OH is 2. The van der Waals surface area contributed by atoms with Gasteiger partial charge >= 0.3 is 0 Å². The fourth-order valence-electron chi connectivity index (χ4n) is 1.24. The summed E-state index contributed by atoms with van der Waals surface area (Å²) in [7, 11) is 0. The summed E-state index contributed by atoms with van der Waals surface area (Å²) in [6.07, 6.45) is -1.60. The standard InChI is InChI=1S/C10H12BrClO3/c11-4-3-8(13)10(15)7-2-1-6(12)5-9(7)14/h1-2,5,8,10,13-15H,3-4H2. The van der Waals surface area contributed by atoms with Crippen molar-refractivity contribution in [2.24, 2.45) is 0 Å². The van der Waals surface area contributed by atoms with Crippen molar-refractivity contribution in [2.45, 2.75) is 18.6 Å². The van der Waals surface area contributed by atoms with Gasteiger partial charge in [-0.1, -0.05) is 33.6 Å². The van der Waals surface area contributed by atoms with Gasteiger partial charge in [-0.25, -0.2) is 0 Å². The van der Waals surface area contributed by atoms with Gasteiger partial charge in [-0.2, -0.15) is 0 Å². The predicted molar refractivity (Wildman–Crippen MR) is 62.5 cm³/mol. The lowest BCUT2D eigenvalue weighted by atomic mass is 10.0. The Labute approximate surface area is 101 Å². The first-order chi connectivity index (χ1) is 7.06. The van der Waals surface area contributed by atoms with E-state index in [0.717, 1.165) is 0 Å². The summed E-state index contributed by atoms with van der Waals surface area (Å²) >= 11 is 8.82. The molecule has 0 heterocycles. The number of benzene rings is 1. The summed E-state index contributed by atoms with van der Waals surface area (Å²) in [6, 6.07) is 4.39. The van der Waals surface area contributed by atoms with Crippen LogP contribution in [0.3, 0.4) is 0 Å². The molecule has 3 nitrogen and oxygen atoms in total. The molecule has 1 aromatic carbocycles. The average Bonchev–Trinajstić information content (AvgIpc) is 2.17. The van der Waals surface area contributed by atoms with Crippen molar-refractivity contribution < 1.29 is 15.3 Å². The summed E-state index contributed by atoms with van der Waals surface area (Å²) in [5, 5.41) is 29.7. The number of hydrogen-bond acceptors (Lipinski definition) is 3. The van der Waals surface area contributed by atoms with Crippen LogP contribution in [0.1, 0.15) is 18.1 Å². The fraction of sp³-hybridized carbons (Fsp3) is 0.400. The number of phenols is 1. The molecule has 0 bridgehead atoms. The highest BCUT2D eigenvalue weighted by Gasteiger charge is 2.20. The third-order valence-electron chi connectivity index (χ3n) is 2.08. The van der Waals surface area contributed by atoms with Gasteiger partial charge in [0.2, 0.25) is 0 Å². The molecule has 0 aliphatic heterocycles. The lowest BCUT2D eigenvalue weighted by molar-refractivity contribution is 0.0160. The van der Waals surface area contributed by atoms with Gasteiger partial charge in [0.25, 0.3) is 0 Å². The molecule has 2 atom stereocenters. The van der Waals surface area contributed by atoms with E-state index >= 15 is 0 Å². The maximum Gasteiger partial charge on any atom is 0.122 e. The topological polar surface area (TPSA) is 60.7 Å². The van der Waals surface area contributed by atoms with E-state index in [2.05, 4.69) is 15.9 Å². The summed E-state index contributed by atoms with van der Waals surface area (Å²) in [4.78, 5) is 0. The Morgan fingerprint density at radius 1 is 1.33 bits per heavy atom. The van der Waals surface area contributed by atoms with Crippen LogP contribution >= 0.6 is 27.5 Å². The molecule has 0 amide bonds. The minimum Gasteiger partial charge on any atom is -0.508 e. The van der Waals surface area contributed by atoms with E-state index in [1.165, 1.54) is 12.1 Å². The minimum atomic E-state index is -1.10. The van der Waals surface area contributed by atoms with Crippen molar-refractivity contribution in [3.05, 3.63) is 28.8 Å². The van der Waals surface area contributed by atoms with Crippen LogP contribution in [0.5, 0.6) is 5.75 Å². The van der Waals surface area contributed by atoms with Crippen molar-refractivity contribution in [1.29, 1.82) is 0 Å². The van der Waals surface area contributed by atoms with Crippen molar-refractivity contribution in [3.63, 3.8) is 0 Å². The zero-order valence-corrected chi connectivity index (χ0v) is 10.2. The molecule has 0 fully saturated rings. The third kappa shape index (κ3) is 3.34. The summed E-state index contributed by atoms with van der Waals surface area (Å²) in [6.45, 7) is 0. The van der Waals surface area contributed by atoms with Crippen LogP contribution in [0.2, 0.25) is 5.02 Å². The highest BCUT2D eigenvalue weighted by molar-refractivity contribution is 9.09. The summed E-state index contributed by atoms with van der Waals surface area (Å²) in [5.74, 6) is -0.108. The maximum absolute atomic E-state index is 9.72. The SMILES string of the molecule is Oc1cc(Cl)ccc1C(O)C(O)CCBr. The Morgan fingerprint density at radius 3 is 2.53 bits per heavy atom. The fourth-order valence-corrected chi connectivity index (χ4v) is 1.88. The largest absolute Gasteiger partial charge is 0.508 e. The van der Waals surface area contributed by atoms with Crippen LogP contribution < -0.4 is 0 Å².